The van der Waals surface area contributed by atoms with Crippen LogP contribution in [-0.2, 0) is 12.8 Å². The van der Waals surface area contributed by atoms with Gasteiger partial charge in [-0.2, -0.15) is 5.26 Å². The van der Waals surface area contributed by atoms with Gasteiger partial charge in [-0.15, -0.1) is 0 Å². The van der Waals surface area contributed by atoms with Crippen molar-refractivity contribution in [2.75, 3.05) is 0 Å². The van der Waals surface area contributed by atoms with E-state index in [1.165, 1.54) is 11.1 Å². The Kier molecular flexibility index (Phi) is 1.94. The maximum absolute atomic E-state index is 9.31. The van der Waals surface area contributed by atoms with E-state index < -0.39 is 0 Å². The molecule has 0 saturated carbocycles. The van der Waals surface area contributed by atoms with E-state index in [2.05, 4.69) is 23.2 Å². The summed E-state index contributed by atoms with van der Waals surface area (Å²) in [4.78, 5) is 4.65. The van der Waals surface area contributed by atoms with Crippen LogP contribution in [0.15, 0.2) is 18.2 Å². The van der Waals surface area contributed by atoms with Crippen LogP contribution in [0.2, 0.25) is 0 Å². The molecule has 0 amide bonds. The standard InChI is InChI=1S/C14H12N2/c1-9-5-6-14-11(7-9)12(8-15)10-3-2-4-13(10)16-14/h5-7H,2-4H2,1H3. The Bertz CT molecular complexity index is 621. The van der Waals surface area contributed by atoms with Crippen molar-refractivity contribution in [1.29, 1.82) is 5.26 Å². The zero-order chi connectivity index (χ0) is 11.1. The highest BCUT2D eigenvalue weighted by molar-refractivity contribution is 5.87. The molecule has 0 unspecified atom stereocenters. The van der Waals surface area contributed by atoms with Crippen LogP contribution in [0.3, 0.4) is 0 Å². The van der Waals surface area contributed by atoms with Crippen molar-refractivity contribution >= 4 is 10.9 Å². The molecule has 0 spiro atoms. The summed E-state index contributed by atoms with van der Waals surface area (Å²) in [6.07, 6.45) is 3.16. The lowest BCUT2D eigenvalue weighted by Crippen LogP contribution is -1.95. The number of nitrogens with zero attached hydrogens (tertiary/aromatic N) is 2. The second-order valence-corrected chi connectivity index (χ2v) is 4.40. The highest BCUT2D eigenvalue weighted by Crippen LogP contribution is 2.29. The smallest absolute Gasteiger partial charge is 0.100 e. The molecule has 1 aromatic heterocycles. The van der Waals surface area contributed by atoms with Crippen molar-refractivity contribution in [1.82, 2.24) is 4.98 Å². The summed E-state index contributed by atoms with van der Waals surface area (Å²) in [5.41, 5.74) is 5.31. The maximum atomic E-state index is 9.31. The highest BCUT2D eigenvalue weighted by atomic mass is 14.7. The number of fused-ring (bicyclic) bond motifs is 2. The highest BCUT2D eigenvalue weighted by Gasteiger charge is 2.19. The quantitative estimate of drug-likeness (QED) is 0.667. The molecule has 2 aromatic rings. The van der Waals surface area contributed by atoms with Crippen LogP contribution in [-0.4, -0.2) is 4.98 Å². The van der Waals surface area contributed by atoms with Gasteiger partial charge in [0.05, 0.1) is 11.1 Å². The summed E-state index contributed by atoms with van der Waals surface area (Å²) in [6, 6.07) is 8.50. The van der Waals surface area contributed by atoms with E-state index in [1.54, 1.807) is 0 Å². The largest absolute Gasteiger partial charge is 0.252 e. The number of nitriles is 1. The van der Waals surface area contributed by atoms with Crippen LogP contribution >= 0.6 is 0 Å². The summed E-state index contributed by atoms with van der Waals surface area (Å²) in [5.74, 6) is 0. The topological polar surface area (TPSA) is 36.7 Å². The Morgan fingerprint density at radius 2 is 2.19 bits per heavy atom. The average Bonchev–Trinajstić information content (AvgIpc) is 2.73. The van der Waals surface area contributed by atoms with E-state index in [1.807, 2.05) is 13.0 Å². The Balaban J connectivity index is 2.46. The number of hydrogen-bond donors (Lipinski definition) is 0. The number of aromatic nitrogens is 1. The molecular formula is C14H12N2. The first kappa shape index (κ1) is 9.35. The molecule has 16 heavy (non-hydrogen) atoms. The first-order valence-corrected chi connectivity index (χ1v) is 5.62. The molecule has 0 fully saturated rings. The van der Waals surface area contributed by atoms with Crippen molar-refractivity contribution < 1.29 is 0 Å². The fourth-order valence-electron chi connectivity index (χ4n) is 2.50. The lowest BCUT2D eigenvalue weighted by molar-refractivity contribution is 0.900. The van der Waals surface area contributed by atoms with E-state index in [9.17, 15) is 5.26 Å². The lowest BCUT2D eigenvalue weighted by atomic mass is 10.0. The molecule has 3 rings (SSSR count). The molecule has 1 aromatic carbocycles. The second-order valence-electron chi connectivity index (χ2n) is 4.40. The van der Waals surface area contributed by atoms with E-state index in [0.29, 0.717) is 0 Å². The molecule has 1 heterocycles. The fourth-order valence-corrected chi connectivity index (χ4v) is 2.50. The second kappa shape index (κ2) is 3.31. The van der Waals surface area contributed by atoms with E-state index in [0.717, 1.165) is 41.4 Å². The van der Waals surface area contributed by atoms with Gasteiger partial charge >= 0.3 is 0 Å². The molecule has 0 atom stereocenters. The number of hydrogen-bond acceptors (Lipinski definition) is 2. The Morgan fingerprint density at radius 3 is 3.00 bits per heavy atom. The van der Waals surface area contributed by atoms with E-state index in [4.69, 9.17) is 0 Å². The van der Waals surface area contributed by atoms with Gasteiger partial charge in [0.25, 0.3) is 0 Å². The van der Waals surface area contributed by atoms with Gasteiger partial charge in [0.2, 0.25) is 0 Å². The van der Waals surface area contributed by atoms with Crippen LogP contribution in [0.4, 0.5) is 0 Å². The summed E-state index contributed by atoms with van der Waals surface area (Å²) >= 11 is 0. The van der Waals surface area contributed by atoms with Gasteiger partial charge in [-0.3, -0.25) is 4.98 Å². The molecule has 1 aliphatic rings. The minimum atomic E-state index is 0.848. The Morgan fingerprint density at radius 1 is 1.31 bits per heavy atom. The molecule has 0 radical (unpaired) electrons. The van der Waals surface area contributed by atoms with Crippen molar-refractivity contribution in [3.8, 4) is 6.07 Å². The number of aryl methyl sites for hydroxylation is 2. The molecule has 2 nitrogen and oxygen atoms in total. The first-order valence-electron chi connectivity index (χ1n) is 5.62. The number of benzene rings is 1. The predicted octanol–water partition coefficient (Wildman–Crippen LogP) is 2.90. The minimum Gasteiger partial charge on any atom is -0.252 e. The monoisotopic (exact) mass is 208 g/mol. The van der Waals surface area contributed by atoms with Gasteiger partial charge in [0.1, 0.15) is 6.07 Å². The van der Waals surface area contributed by atoms with Crippen molar-refractivity contribution in [3.05, 3.63) is 40.6 Å². The van der Waals surface area contributed by atoms with Crippen LogP contribution in [0.5, 0.6) is 0 Å². The van der Waals surface area contributed by atoms with Crippen molar-refractivity contribution in [3.63, 3.8) is 0 Å². The zero-order valence-corrected chi connectivity index (χ0v) is 9.25. The molecule has 2 heteroatoms. The van der Waals surface area contributed by atoms with Gasteiger partial charge in [0.15, 0.2) is 0 Å². The minimum absolute atomic E-state index is 0.848. The van der Waals surface area contributed by atoms with Crippen LogP contribution in [0.25, 0.3) is 10.9 Å². The third kappa shape index (κ3) is 1.22. The lowest BCUT2D eigenvalue weighted by Gasteiger charge is -2.06. The van der Waals surface area contributed by atoms with Gasteiger partial charge in [-0.25, -0.2) is 0 Å². The molecule has 0 aliphatic heterocycles. The molecule has 78 valence electrons. The SMILES string of the molecule is Cc1ccc2nc3c(c(C#N)c2c1)CCC3. The van der Waals surface area contributed by atoms with Crippen LogP contribution < -0.4 is 0 Å². The van der Waals surface area contributed by atoms with E-state index in [-0.39, 0.29) is 0 Å². The average molecular weight is 208 g/mol. The maximum Gasteiger partial charge on any atom is 0.100 e. The fraction of sp³-hybridized carbons (Fsp3) is 0.286. The van der Waals surface area contributed by atoms with Crippen LogP contribution in [0.1, 0.15) is 28.8 Å². The van der Waals surface area contributed by atoms with Crippen LogP contribution in [0, 0.1) is 18.3 Å². The zero-order valence-electron chi connectivity index (χ0n) is 9.25. The Labute approximate surface area is 94.5 Å². The van der Waals surface area contributed by atoms with Gasteiger partial charge in [-0.1, -0.05) is 11.6 Å². The summed E-state index contributed by atoms with van der Waals surface area (Å²) < 4.78 is 0. The van der Waals surface area contributed by atoms with Crippen molar-refractivity contribution in [2.45, 2.75) is 26.2 Å². The third-order valence-electron chi connectivity index (χ3n) is 3.28. The Hall–Kier alpha value is -1.88. The third-order valence-corrected chi connectivity index (χ3v) is 3.28. The predicted molar refractivity (Wildman–Crippen MR) is 63.2 cm³/mol. The van der Waals surface area contributed by atoms with E-state index >= 15 is 0 Å². The van der Waals surface area contributed by atoms with Gasteiger partial charge < -0.3 is 0 Å². The normalized spacial score (nSPS) is 13.8. The summed E-state index contributed by atoms with van der Waals surface area (Å²) in [5, 5.41) is 10.3. The summed E-state index contributed by atoms with van der Waals surface area (Å²) in [7, 11) is 0. The number of rotatable bonds is 0. The first-order chi connectivity index (χ1) is 7.79. The molecule has 0 N–H and O–H groups in total. The summed E-state index contributed by atoms with van der Waals surface area (Å²) in [6.45, 7) is 2.05. The molecule has 0 saturated heterocycles. The van der Waals surface area contributed by atoms with Gasteiger partial charge in [0, 0.05) is 11.1 Å². The number of pyridine rings is 1. The molecule has 1 aliphatic carbocycles. The van der Waals surface area contributed by atoms with Gasteiger partial charge in [-0.05, 0) is 43.9 Å². The molecule has 0 bridgehead atoms. The van der Waals surface area contributed by atoms with Crippen molar-refractivity contribution in [2.24, 2.45) is 0 Å². The molecular weight excluding hydrogens is 196 g/mol.